The van der Waals surface area contributed by atoms with Gasteiger partial charge in [0.1, 0.15) is 0 Å². The van der Waals surface area contributed by atoms with Crippen molar-refractivity contribution in [3.63, 3.8) is 0 Å². The molecule has 0 aromatic carbocycles. The lowest BCUT2D eigenvalue weighted by atomic mass is 10.7. The zero-order chi connectivity index (χ0) is 4.41. The molecule has 1 unspecified atom stereocenters. The van der Waals surface area contributed by atoms with E-state index in [4.69, 9.17) is 0 Å². The molecule has 32 valence electrons. The van der Waals surface area contributed by atoms with Gasteiger partial charge in [-0.05, 0) is 27.8 Å². The lowest BCUT2D eigenvalue weighted by molar-refractivity contribution is 1.97. The second-order valence-corrected chi connectivity index (χ2v) is 3.77. The third-order valence-electron chi connectivity index (χ3n) is 0.560. The van der Waals surface area contributed by atoms with Crippen LogP contribution in [0.4, 0.5) is 0 Å². The monoisotopic (exact) mass is 162 g/mol. The average molecular weight is 163 g/mol. The van der Waals surface area contributed by atoms with Gasteiger partial charge in [0, 0.05) is 4.20 Å². The first-order valence-corrected chi connectivity index (χ1v) is 3.55. The van der Waals surface area contributed by atoms with Gasteiger partial charge in [-0.15, -0.1) is 8.19 Å². The molecule has 6 heavy (non-hydrogen) atoms. The minimum atomic E-state index is 0.880. The van der Waals surface area contributed by atoms with Crippen molar-refractivity contribution >= 4 is 24.1 Å². The van der Waals surface area contributed by atoms with Gasteiger partial charge in [-0.1, -0.05) is 6.07 Å². The smallest absolute Gasteiger partial charge is 0.0337 e. The molecule has 1 rings (SSSR count). The van der Waals surface area contributed by atoms with Crippen molar-refractivity contribution in [2.75, 3.05) is 0 Å². The largest absolute Gasteiger partial charge is 0.125 e. The predicted octanol–water partition coefficient (Wildman–Crippen LogP) is 2.48. The van der Waals surface area contributed by atoms with E-state index in [1.165, 1.54) is 4.20 Å². The normalized spacial score (nSPS) is 10.2. The lowest BCUT2D eigenvalue weighted by Gasteiger charge is -1.64. The lowest BCUT2D eigenvalue weighted by Crippen LogP contribution is -1.28. The van der Waals surface area contributed by atoms with Crippen LogP contribution in [0, 0.1) is 0 Å². The molecule has 1 aromatic rings. The highest BCUT2D eigenvalue weighted by atomic mass is 79.9. The Balaban J connectivity index is 3.05. The van der Waals surface area contributed by atoms with Crippen LogP contribution in [0.15, 0.2) is 22.1 Å². The van der Waals surface area contributed by atoms with E-state index in [0.29, 0.717) is 0 Å². The predicted molar refractivity (Wildman–Crippen MR) is 33.6 cm³/mol. The van der Waals surface area contributed by atoms with E-state index in [1.807, 2.05) is 0 Å². The first-order chi connectivity index (χ1) is 2.89. The van der Waals surface area contributed by atoms with Crippen molar-refractivity contribution < 1.29 is 0 Å². The van der Waals surface area contributed by atoms with Crippen LogP contribution in [0.3, 0.4) is 0 Å². The van der Waals surface area contributed by atoms with Gasteiger partial charge < -0.3 is 0 Å². The minimum absolute atomic E-state index is 0.880. The molecule has 1 aromatic heterocycles. The Morgan fingerprint density at radius 1 is 1.67 bits per heavy atom. The van der Waals surface area contributed by atoms with Crippen molar-refractivity contribution in [1.29, 1.82) is 0 Å². The number of hydrogen-bond donors (Lipinski definition) is 0. The highest BCUT2D eigenvalue weighted by Crippen LogP contribution is 2.20. The van der Waals surface area contributed by atoms with Crippen molar-refractivity contribution in [3.05, 3.63) is 22.1 Å². The molecule has 2 heteroatoms. The van der Waals surface area contributed by atoms with Gasteiger partial charge in [-0.2, -0.15) is 0 Å². The van der Waals surface area contributed by atoms with E-state index in [2.05, 4.69) is 33.9 Å². The second-order valence-electron chi connectivity index (χ2n) is 1.02. The molecule has 0 saturated heterocycles. The van der Waals surface area contributed by atoms with Crippen molar-refractivity contribution in [2.24, 2.45) is 0 Å². The molecule has 0 N–H and O–H groups in total. The average Bonchev–Trinajstić information content (AvgIpc) is 1.86. The summed E-state index contributed by atoms with van der Waals surface area (Å²) in [5.74, 6) is 2.14. The van der Waals surface area contributed by atoms with Crippen LogP contribution in [0.25, 0.3) is 0 Å². The Bertz CT molecular complexity index is 111. The molecule has 0 spiro atoms. The standard InChI is InChI=1S/C4H4BrP/c5-4-2-1-3-6-4/h1-3,6H. The zero-order valence-corrected chi connectivity index (χ0v) is 5.70. The van der Waals surface area contributed by atoms with Crippen LogP contribution in [0.5, 0.6) is 0 Å². The van der Waals surface area contributed by atoms with Crippen molar-refractivity contribution in [3.8, 4) is 0 Å². The van der Waals surface area contributed by atoms with Gasteiger partial charge in [0.25, 0.3) is 0 Å². The summed E-state index contributed by atoms with van der Waals surface area (Å²) < 4.78 is 1.31. The van der Waals surface area contributed by atoms with Gasteiger partial charge >= 0.3 is 0 Å². The Kier molecular flexibility index (Phi) is 1.33. The summed E-state index contributed by atoms with van der Waals surface area (Å²) in [5, 5.41) is 0. The summed E-state index contributed by atoms with van der Waals surface area (Å²) in [7, 11) is 0.880. The Labute approximate surface area is 46.8 Å². The highest BCUT2D eigenvalue weighted by Gasteiger charge is 1.75. The summed E-state index contributed by atoms with van der Waals surface area (Å²) in [6.45, 7) is 0. The fourth-order valence-corrected chi connectivity index (χ4v) is 1.40. The number of halogens is 1. The Morgan fingerprint density at radius 3 is 2.67 bits per heavy atom. The molecule has 0 aliphatic rings. The summed E-state index contributed by atoms with van der Waals surface area (Å²) >= 11 is 3.35. The summed E-state index contributed by atoms with van der Waals surface area (Å²) in [6, 6.07) is 4.13. The molecule has 1 heterocycles. The van der Waals surface area contributed by atoms with E-state index >= 15 is 0 Å². The Morgan fingerprint density at radius 2 is 2.50 bits per heavy atom. The van der Waals surface area contributed by atoms with Crippen LogP contribution in [0.2, 0.25) is 0 Å². The molecule has 0 aliphatic carbocycles. The van der Waals surface area contributed by atoms with Crippen LogP contribution >= 0.6 is 24.1 Å². The number of hydrogen-bond acceptors (Lipinski definition) is 0. The minimum Gasteiger partial charge on any atom is -0.125 e. The van der Waals surface area contributed by atoms with Gasteiger partial charge in [0.2, 0.25) is 0 Å². The molecule has 1 atom stereocenters. The van der Waals surface area contributed by atoms with Crippen LogP contribution in [-0.4, -0.2) is 0 Å². The first-order valence-electron chi connectivity index (χ1n) is 1.68. The van der Waals surface area contributed by atoms with Gasteiger partial charge in [0.05, 0.1) is 0 Å². The maximum Gasteiger partial charge on any atom is 0.0337 e. The second kappa shape index (κ2) is 1.81. The van der Waals surface area contributed by atoms with Gasteiger partial charge in [0.15, 0.2) is 0 Å². The summed E-state index contributed by atoms with van der Waals surface area (Å²) in [6.07, 6.45) is 0. The van der Waals surface area contributed by atoms with E-state index in [0.717, 1.165) is 8.19 Å². The molecular weight excluding hydrogens is 159 g/mol. The molecule has 0 aliphatic heterocycles. The highest BCUT2D eigenvalue weighted by molar-refractivity contribution is 9.11. The van der Waals surface area contributed by atoms with E-state index in [9.17, 15) is 0 Å². The fourth-order valence-electron chi connectivity index (χ4n) is 0.308. The summed E-state index contributed by atoms with van der Waals surface area (Å²) in [4.78, 5) is 0. The topological polar surface area (TPSA) is 0 Å². The fraction of sp³-hybridized carbons (Fsp3) is 0. The molecule has 0 bridgehead atoms. The van der Waals surface area contributed by atoms with Gasteiger partial charge in [-0.25, -0.2) is 0 Å². The van der Waals surface area contributed by atoms with Crippen LogP contribution in [-0.2, 0) is 0 Å². The molecule has 0 radical (unpaired) electrons. The van der Waals surface area contributed by atoms with Crippen LogP contribution < -0.4 is 0 Å². The molecular formula is C4H4BrP. The maximum atomic E-state index is 3.35. The zero-order valence-electron chi connectivity index (χ0n) is 3.11. The van der Waals surface area contributed by atoms with Crippen molar-refractivity contribution in [2.45, 2.75) is 0 Å². The molecule has 0 saturated carbocycles. The first kappa shape index (κ1) is 4.42. The van der Waals surface area contributed by atoms with Gasteiger partial charge in [-0.3, -0.25) is 0 Å². The van der Waals surface area contributed by atoms with Crippen molar-refractivity contribution in [1.82, 2.24) is 0 Å². The third kappa shape index (κ3) is 0.859. The Hall–Kier alpha value is 0.260. The maximum absolute atomic E-state index is 3.35. The third-order valence-corrected chi connectivity index (χ3v) is 2.31. The SMILES string of the molecule is Brc1ccc[pH]1. The van der Waals surface area contributed by atoms with E-state index in [1.54, 1.807) is 0 Å². The van der Waals surface area contributed by atoms with Crippen LogP contribution in [0.1, 0.15) is 0 Å². The van der Waals surface area contributed by atoms with E-state index < -0.39 is 0 Å². The molecule has 0 fully saturated rings. The molecule has 0 nitrogen and oxygen atoms in total. The quantitative estimate of drug-likeness (QED) is 0.551. The molecule has 0 amide bonds. The van der Waals surface area contributed by atoms with E-state index in [-0.39, 0.29) is 0 Å². The number of rotatable bonds is 0. The summed E-state index contributed by atoms with van der Waals surface area (Å²) in [5.41, 5.74) is 0.